The Bertz CT molecular complexity index is 475. The summed E-state index contributed by atoms with van der Waals surface area (Å²) in [5.41, 5.74) is 0.183. The second kappa shape index (κ2) is 5.78. The van der Waals surface area contributed by atoms with Gasteiger partial charge in [0.25, 0.3) is 5.91 Å². The zero-order chi connectivity index (χ0) is 13.9. The first-order valence-electron chi connectivity index (χ1n) is 6.28. The molecule has 0 bridgehead atoms. The smallest absolute Gasteiger partial charge is 0.254 e. The van der Waals surface area contributed by atoms with E-state index in [2.05, 4.69) is 5.32 Å². The van der Waals surface area contributed by atoms with E-state index in [1.165, 1.54) is 19.2 Å². The Kier molecular flexibility index (Phi) is 4.30. The Hall–Kier alpha value is -1.29. The molecule has 1 saturated carbocycles. The zero-order valence-corrected chi connectivity index (χ0v) is 11.6. The number of halogens is 2. The number of carbonyl (C=O) groups is 1. The molecule has 2 rings (SSSR count). The summed E-state index contributed by atoms with van der Waals surface area (Å²) in [7, 11) is 1.46. The summed E-state index contributed by atoms with van der Waals surface area (Å²) in [6.07, 6.45) is 3.04. The molecule has 0 saturated heterocycles. The summed E-state index contributed by atoms with van der Waals surface area (Å²) in [4.78, 5) is 11.9. The molecule has 1 aromatic rings. The van der Waals surface area contributed by atoms with Crippen LogP contribution >= 0.6 is 11.6 Å². The van der Waals surface area contributed by atoms with Crippen LogP contribution < -0.4 is 10.1 Å². The van der Waals surface area contributed by atoms with Gasteiger partial charge in [-0.05, 0) is 36.8 Å². The van der Waals surface area contributed by atoms with Crippen LogP contribution in [0, 0.1) is 11.2 Å². The van der Waals surface area contributed by atoms with Crippen molar-refractivity contribution in [2.45, 2.75) is 19.3 Å². The van der Waals surface area contributed by atoms with Crippen molar-refractivity contribution in [3.63, 3.8) is 0 Å². The number of methoxy groups -OCH3 is 1. The van der Waals surface area contributed by atoms with Gasteiger partial charge in [-0.2, -0.15) is 0 Å². The molecule has 1 amide bonds. The highest BCUT2D eigenvalue weighted by atomic mass is 35.5. The molecule has 0 spiro atoms. The molecule has 3 nitrogen and oxygen atoms in total. The van der Waals surface area contributed by atoms with Gasteiger partial charge in [0.15, 0.2) is 0 Å². The molecule has 0 radical (unpaired) electrons. The van der Waals surface area contributed by atoms with E-state index in [9.17, 15) is 9.18 Å². The Balaban J connectivity index is 1.96. The van der Waals surface area contributed by atoms with Gasteiger partial charge in [-0.1, -0.05) is 0 Å². The standard InChI is InChI=1S/C14H17ClFNO2/c1-19-10-2-3-11(12(16)8-10)13(18)17-9-14(4-5-14)6-7-15/h2-3,8H,4-7,9H2,1H3,(H,17,18). The summed E-state index contributed by atoms with van der Waals surface area (Å²) in [6, 6.07) is 4.22. The zero-order valence-electron chi connectivity index (χ0n) is 10.8. The molecule has 19 heavy (non-hydrogen) atoms. The maximum absolute atomic E-state index is 13.7. The topological polar surface area (TPSA) is 38.3 Å². The molecule has 0 unspecified atom stereocenters. The minimum Gasteiger partial charge on any atom is -0.497 e. The molecule has 1 aliphatic carbocycles. The van der Waals surface area contributed by atoms with E-state index in [0.717, 1.165) is 19.3 Å². The average Bonchev–Trinajstić information content (AvgIpc) is 3.16. The quantitative estimate of drug-likeness (QED) is 0.816. The number of rotatable bonds is 6. The van der Waals surface area contributed by atoms with E-state index in [0.29, 0.717) is 18.2 Å². The molecular weight excluding hydrogens is 269 g/mol. The molecule has 0 heterocycles. The SMILES string of the molecule is COc1ccc(C(=O)NCC2(CCCl)CC2)c(F)c1. The van der Waals surface area contributed by atoms with Crippen molar-refractivity contribution in [2.24, 2.45) is 5.41 Å². The minimum absolute atomic E-state index is 0.0440. The third-order valence-electron chi connectivity index (χ3n) is 3.63. The number of carbonyl (C=O) groups excluding carboxylic acids is 1. The molecule has 5 heteroatoms. The van der Waals surface area contributed by atoms with Gasteiger partial charge in [-0.15, -0.1) is 11.6 Å². The van der Waals surface area contributed by atoms with Crippen molar-refractivity contribution < 1.29 is 13.9 Å². The van der Waals surface area contributed by atoms with E-state index >= 15 is 0 Å². The lowest BCUT2D eigenvalue weighted by Gasteiger charge is -2.14. The third kappa shape index (κ3) is 3.38. The number of hydrogen-bond acceptors (Lipinski definition) is 2. The number of hydrogen-bond donors (Lipinski definition) is 1. The molecule has 0 aliphatic heterocycles. The lowest BCUT2D eigenvalue weighted by Crippen LogP contribution is -2.31. The van der Waals surface area contributed by atoms with E-state index in [4.69, 9.17) is 16.3 Å². The number of benzene rings is 1. The van der Waals surface area contributed by atoms with E-state index < -0.39 is 5.82 Å². The van der Waals surface area contributed by atoms with Crippen LogP contribution in [-0.2, 0) is 0 Å². The Labute approximate surface area is 117 Å². The summed E-state index contributed by atoms with van der Waals surface area (Å²) >= 11 is 5.73. The molecule has 1 aromatic carbocycles. The maximum Gasteiger partial charge on any atom is 0.254 e. The molecule has 104 valence electrons. The minimum atomic E-state index is -0.570. The lowest BCUT2D eigenvalue weighted by molar-refractivity contribution is 0.0940. The van der Waals surface area contributed by atoms with E-state index in [-0.39, 0.29) is 16.9 Å². The number of alkyl halides is 1. The molecule has 1 aliphatic rings. The normalized spacial score (nSPS) is 15.9. The Morgan fingerprint density at radius 2 is 2.26 bits per heavy atom. The first-order chi connectivity index (χ1) is 9.10. The lowest BCUT2D eigenvalue weighted by atomic mass is 10.0. The van der Waals surface area contributed by atoms with Crippen molar-refractivity contribution in [3.8, 4) is 5.75 Å². The van der Waals surface area contributed by atoms with Crippen LogP contribution in [0.25, 0.3) is 0 Å². The van der Waals surface area contributed by atoms with Gasteiger partial charge in [0.2, 0.25) is 0 Å². The number of nitrogens with one attached hydrogen (secondary N) is 1. The largest absolute Gasteiger partial charge is 0.497 e. The van der Waals surface area contributed by atoms with Crippen LogP contribution in [-0.4, -0.2) is 25.4 Å². The van der Waals surface area contributed by atoms with Gasteiger partial charge in [0.1, 0.15) is 11.6 Å². The molecule has 0 aromatic heterocycles. The molecule has 0 atom stereocenters. The average molecular weight is 286 g/mol. The first kappa shape index (κ1) is 14.1. The molecule has 1 fully saturated rings. The van der Waals surface area contributed by atoms with Gasteiger partial charge in [0.05, 0.1) is 12.7 Å². The van der Waals surface area contributed by atoms with E-state index in [1.54, 1.807) is 6.07 Å². The molecule has 1 N–H and O–H groups in total. The molecular formula is C14H17ClFNO2. The van der Waals surface area contributed by atoms with Crippen molar-refractivity contribution in [2.75, 3.05) is 19.5 Å². The highest BCUT2D eigenvalue weighted by molar-refractivity contribution is 6.17. The van der Waals surface area contributed by atoms with Gasteiger partial charge in [-0.25, -0.2) is 4.39 Å². The van der Waals surface area contributed by atoms with Crippen molar-refractivity contribution in [3.05, 3.63) is 29.6 Å². The van der Waals surface area contributed by atoms with Crippen LogP contribution in [0.5, 0.6) is 5.75 Å². The third-order valence-corrected chi connectivity index (χ3v) is 3.82. The van der Waals surface area contributed by atoms with Gasteiger partial charge >= 0.3 is 0 Å². The first-order valence-corrected chi connectivity index (χ1v) is 6.81. The highest BCUT2D eigenvalue weighted by Gasteiger charge is 2.41. The van der Waals surface area contributed by atoms with Crippen molar-refractivity contribution >= 4 is 17.5 Å². The monoisotopic (exact) mass is 285 g/mol. The second-order valence-electron chi connectivity index (χ2n) is 4.97. The number of amides is 1. The van der Waals surface area contributed by atoms with Gasteiger partial charge in [-0.3, -0.25) is 4.79 Å². The Morgan fingerprint density at radius 1 is 1.53 bits per heavy atom. The second-order valence-corrected chi connectivity index (χ2v) is 5.35. The fraction of sp³-hybridized carbons (Fsp3) is 0.500. The van der Waals surface area contributed by atoms with Crippen molar-refractivity contribution in [1.29, 1.82) is 0 Å². The van der Waals surface area contributed by atoms with Crippen LogP contribution in [0.1, 0.15) is 29.6 Å². The van der Waals surface area contributed by atoms with Crippen LogP contribution in [0.2, 0.25) is 0 Å². The highest BCUT2D eigenvalue weighted by Crippen LogP contribution is 2.48. The summed E-state index contributed by atoms with van der Waals surface area (Å²) in [5, 5.41) is 2.79. The summed E-state index contributed by atoms with van der Waals surface area (Å²) in [6.45, 7) is 0.560. The van der Waals surface area contributed by atoms with Crippen molar-refractivity contribution in [1.82, 2.24) is 5.32 Å². The predicted octanol–water partition coefficient (Wildman–Crippen LogP) is 2.97. The summed E-state index contributed by atoms with van der Waals surface area (Å²) in [5.74, 6) is 0.0298. The van der Waals surface area contributed by atoms with Gasteiger partial charge in [0, 0.05) is 18.5 Å². The maximum atomic E-state index is 13.7. The Morgan fingerprint density at radius 3 is 2.79 bits per heavy atom. The fourth-order valence-electron chi connectivity index (χ4n) is 2.06. The predicted molar refractivity (Wildman–Crippen MR) is 72.3 cm³/mol. The number of ether oxygens (including phenoxy) is 1. The fourth-order valence-corrected chi connectivity index (χ4v) is 2.46. The van der Waals surface area contributed by atoms with E-state index in [1.807, 2.05) is 0 Å². The van der Waals surface area contributed by atoms with Crippen LogP contribution in [0.4, 0.5) is 4.39 Å². The van der Waals surface area contributed by atoms with Gasteiger partial charge < -0.3 is 10.1 Å². The summed E-state index contributed by atoms with van der Waals surface area (Å²) < 4.78 is 18.6. The van der Waals surface area contributed by atoms with Crippen LogP contribution in [0.3, 0.4) is 0 Å². The van der Waals surface area contributed by atoms with Crippen LogP contribution in [0.15, 0.2) is 18.2 Å².